The lowest BCUT2D eigenvalue weighted by Crippen LogP contribution is -2.32. The zero-order valence-electron chi connectivity index (χ0n) is 17.2. The molecular formula is C24H28ClN2O3. The summed E-state index contributed by atoms with van der Waals surface area (Å²) in [5.74, 6) is -0.00495. The van der Waals surface area contributed by atoms with Gasteiger partial charge in [0.25, 0.3) is 5.91 Å². The molecule has 30 heavy (non-hydrogen) atoms. The summed E-state index contributed by atoms with van der Waals surface area (Å²) in [6.07, 6.45) is 4.51. The van der Waals surface area contributed by atoms with Crippen LogP contribution in [0, 0.1) is 6.92 Å². The van der Waals surface area contributed by atoms with Crippen LogP contribution < -0.4 is 9.80 Å². The van der Waals surface area contributed by atoms with Gasteiger partial charge in [0.1, 0.15) is 0 Å². The number of anilines is 3. The van der Waals surface area contributed by atoms with Crippen LogP contribution >= 0.6 is 11.6 Å². The van der Waals surface area contributed by atoms with Gasteiger partial charge >= 0.3 is 0 Å². The second-order valence-corrected chi connectivity index (χ2v) is 8.07. The quantitative estimate of drug-likeness (QED) is 0.539. The molecule has 2 aromatic carbocycles. The predicted molar refractivity (Wildman–Crippen MR) is 121 cm³/mol. The molecule has 1 unspecified atom stereocenters. The van der Waals surface area contributed by atoms with E-state index in [4.69, 9.17) is 21.1 Å². The predicted octanol–water partition coefficient (Wildman–Crippen LogP) is 5.60. The van der Waals surface area contributed by atoms with E-state index in [2.05, 4.69) is 11.8 Å². The van der Waals surface area contributed by atoms with Crippen LogP contribution in [0.15, 0.2) is 42.5 Å². The Morgan fingerprint density at radius 2 is 1.93 bits per heavy atom. The molecule has 4 rings (SSSR count). The summed E-state index contributed by atoms with van der Waals surface area (Å²) in [4.78, 5) is 17.5. The van der Waals surface area contributed by atoms with Gasteiger partial charge in [-0.1, -0.05) is 30.7 Å². The Kier molecular flexibility index (Phi) is 6.93. The molecule has 2 aromatic rings. The molecule has 1 atom stereocenters. The first-order chi connectivity index (χ1) is 14.7. The highest BCUT2D eigenvalue weighted by molar-refractivity contribution is 6.31. The fraction of sp³-hybridized carbons (Fsp3) is 0.417. The number of para-hydroxylation sites is 1. The number of carbonyl (C=O) groups excluding carboxylic acids is 1. The lowest BCUT2D eigenvalue weighted by atomic mass is 10.1. The molecule has 1 radical (unpaired) electrons. The third-order valence-electron chi connectivity index (χ3n) is 5.54. The molecule has 2 aliphatic heterocycles. The minimum Gasteiger partial charge on any atom is -0.353 e. The van der Waals surface area contributed by atoms with Gasteiger partial charge in [-0.05, 0) is 62.4 Å². The summed E-state index contributed by atoms with van der Waals surface area (Å²) >= 11 is 6.34. The molecule has 6 heteroatoms. The Morgan fingerprint density at radius 1 is 1.07 bits per heavy atom. The SMILES string of the molecule is [CH2]CCN1c2ccccc2C(=O)N(CCCOC2CCCCO2)c2ccc(Cl)cc21. The maximum Gasteiger partial charge on any atom is 0.260 e. The maximum atomic E-state index is 13.5. The van der Waals surface area contributed by atoms with Crippen LogP contribution in [0.5, 0.6) is 0 Å². The Labute approximate surface area is 183 Å². The molecule has 0 saturated carbocycles. The molecule has 159 valence electrons. The fourth-order valence-electron chi connectivity index (χ4n) is 4.12. The normalized spacial score (nSPS) is 18.7. The van der Waals surface area contributed by atoms with E-state index in [1.54, 1.807) is 0 Å². The highest BCUT2D eigenvalue weighted by atomic mass is 35.5. The van der Waals surface area contributed by atoms with E-state index in [9.17, 15) is 4.79 Å². The molecule has 2 aliphatic rings. The van der Waals surface area contributed by atoms with Gasteiger partial charge in [0.15, 0.2) is 6.29 Å². The number of fused-ring (bicyclic) bond motifs is 2. The Morgan fingerprint density at radius 3 is 2.73 bits per heavy atom. The van der Waals surface area contributed by atoms with Crippen molar-refractivity contribution in [2.75, 3.05) is 36.1 Å². The lowest BCUT2D eigenvalue weighted by Gasteiger charge is -2.27. The third kappa shape index (κ3) is 4.48. The number of amides is 1. The first kappa shape index (κ1) is 21.2. The van der Waals surface area contributed by atoms with Crippen molar-refractivity contribution in [3.8, 4) is 0 Å². The Balaban J connectivity index is 1.59. The minimum atomic E-state index is -0.113. The molecule has 0 N–H and O–H groups in total. The molecule has 0 bridgehead atoms. The average molecular weight is 428 g/mol. The third-order valence-corrected chi connectivity index (χ3v) is 5.77. The number of hydrogen-bond acceptors (Lipinski definition) is 4. The summed E-state index contributed by atoms with van der Waals surface area (Å²) < 4.78 is 11.5. The largest absolute Gasteiger partial charge is 0.353 e. The van der Waals surface area contributed by atoms with Gasteiger partial charge in [0.2, 0.25) is 0 Å². The number of rotatable bonds is 7. The van der Waals surface area contributed by atoms with E-state index >= 15 is 0 Å². The van der Waals surface area contributed by atoms with Gasteiger partial charge in [-0.15, -0.1) is 0 Å². The Bertz CT molecular complexity index is 883. The number of carbonyl (C=O) groups is 1. The second-order valence-electron chi connectivity index (χ2n) is 7.63. The van der Waals surface area contributed by atoms with Crippen LogP contribution in [0.4, 0.5) is 17.1 Å². The van der Waals surface area contributed by atoms with Gasteiger partial charge in [0, 0.05) is 24.7 Å². The zero-order valence-corrected chi connectivity index (χ0v) is 17.9. The van der Waals surface area contributed by atoms with E-state index in [0.29, 0.717) is 36.7 Å². The van der Waals surface area contributed by atoms with Crippen molar-refractivity contribution in [3.63, 3.8) is 0 Å². The molecule has 0 aliphatic carbocycles. The average Bonchev–Trinajstić information content (AvgIpc) is 2.86. The highest BCUT2D eigenvalue weighted by Crippen LogP contribution is 2.42. The van der Waals surface area contributed by atoms with Crippen LogP contribution in [0.2, 0.25) is 5.02 Å². The first-order valence-electron chi connectivity index (χ1n) is 10.7. The zero-order chi connectivity index (χ0) is 20.9. The lowest BCUT2D eigenvalue weighted by molar-refractivity contribution is -0.162. The van der Waals surface area contributed by atoms with E-state index in [0.717, 1.165) is 49.4 Å². The summed E-state index contributed by atoms with van der Waals surface area (Å²) in [5, 5.41) is 0.646. The molecule has 1 fully saturated rings. The molecule has 1 saturated heterocycles. The van der Waals surface area contributed by atoms with Crippen molar-refractivity contribution in [3.05, 3.63) is 60.0 Å². The number of halogens is 1. The van der Waals surface area contributed by atoms with Crippen molar-refractivity contribution < 1.29 is 14.3 Å². The van der Waals surface area contributed by atoms with Gasteiger partial charge in [-0.3, -0.25) is 4.79 Å². The number of hydrogen-bond donors (Lipinski definition) is 0. The van der Waals surface area contributed by atoms with Crippen molar-refractivity contribution >= 4 is 34.6 Å². The maximum absolute atomic E-state index is 13.5. The van der Waals surface area contributed by atoms with Crippen LogP contribution in [-0.2, 0) is 9.47 Å². The summed E-state index contributed by atoms with van der Waals surface area (Å²) in [5.41, 5.74) is 3.38. The second kappa shape index (κ2) is 9.82. The van der Waals surface area contributed by atoms with Crippen molar-refractivity contribution in [2.45, 2.75) is 38.4 Å². The van der Waals surface area contributed by atoms with Crippen molar-refractivity contribution in [1.29, 1.82) is 0 Å². The topological polar surface area (TPSA) is 42.0 Å². The van der Waals surface area contributed by atoms with Crippen LogP contribution in [0.1, 0.15) is 42.5 Å². The van der Waals surface area contributed by atoms with E-state index in [-0.39, 0.29) is 12.2 Å². The number of benzene rings is 2. The van der Waals surface area contributed by atoms with Crippen LogP contribution in [0.25, 0.3) is 0 Å². The van der Waals surface area contributed by atoms with Crippen molar-refractivity contribution in [2.24, 2.45) is 0 Å². The van der Waals surface area contributed by atoms with E-state index < -0.39 is 0 Å². The summed E-state index contributed by atoms with van der Waals surface area (Å²) in [7, 11) is 0. The van der Waals surface area contributed by atoms with Crippen LogP contribution in [-0.4, -0.2) is 38.5 Å². The monoisotopic (exact) mass is 427 g/mol. The van der Waals surface area contributed by atoms with E-state index in [1.807, 2.05) is 47.4 Å². The molecule has 2 heterocycles. The standard InChI is InChI=1S/C24H28ClN2O3/c1-2-13-26-20-9-4-3-8-19(20)24(28)27(21-12-11-18(25)17-22(21)26)14-7-16-30-23-10-5-6-15-29-23/h3-4,8-9,11-12,17,23H,1-2,5-7,10,13-16H2. The Hall–Kier alpha value is -2.08. The van der Waals surface area contributed by atoms with Crippen LogP contribution in [0.3, 0.4) is 0 Å². The molecule has 1 amide bonds. The minimum absolute atomic E-state index is 0.00495. The van der Waals surface area contributed by atoms with Crippen molar-refractivity contribution in [1.82, 2.24) is 0 Å². The number of ether oxygens (including phenoxy) is 2. The smallest absolute Gasteiger partial charge is 0.260 e. The summed E-state index contributed by atoms with van der Waals surface area (Å²) in [6, 6.07) is 13.4. The molecular weight excluding hydrogens is 400 g/mol. The molecule has 0 aromatic heterocycles. The van der Waals surface area contributed by atoms with Gasteiger partial charge < -0.3 is 19.3 Å². The van der Waals surface area contributed by atoms with Gasteiger partial charge in [-0.2, -0.15) is 0 Å². The number of nitrogens with zero attached hydrogens (tertiary/aromatic N) is 2. The van der Waals surface area contributed by atoms with Gasteiger partial charge in [0.05, 0.1) is 29.2 Å². The highest BCUT2D eigenvalue weighted by Gasteiger charge is 2.30. The first-order valence-corrected chi connectivity index (χ1v) is 11.1. The molecule has 5 nitrogen and oxygen atoms in total. The summed E-state index contributed by atoms with van der Waals surface area (Å²) in [6.45, 7) is 6.61. The molecule has 0 spiro atoms. The van der Waals surface area contributed by atoms with Gasteiger partial charge in [-0.25, -0.2) is 0 Å². The fourth-order valence-corrected chi connectivity index (χ4v) is 4.28. The van der Waals surface area contributed by atoms with E-state index in [1.165, 1.54) is 0 Å².